The molecule has 0 saturated heterocycles. The van der Waals surface area contributed by atoms with Crippen molar-refractivity contribution < 1.29 is 4.74 Å². The number of aromatic nitrogens is 1. The Morgan fingerprint density at radius 2 is 2.31 bits per heavy atom. The maximum absolute atomic E-state index is 5.72. The largest absolute Gasteiger partial charge is 0.477 e. The van der Waals surface area contributed by atoms with Crippen LogP contribution in [0.4, 0.5) is 0 Å². The Hall–Kier alpha value is -1.09. The summed E-state index contributed by atoms with van der Waals surface area (Å²) in [5.41, 5.74) is 7.90. The topological polar surface area (TPSA) is 48.1 Å². The molecular weight excluding hydrogens is 200 g/mol. The predicted octanol–water partition coefficient (Wildman–Crippen LogP) is 2.42. The maximum atomic E-state index is 5.72. The van der Waals surface area contributed by atoms with E-state index in [2.05, 4.69) is 4.98 Å². The summed E-state index contributed by atoms with van der Waals surface area (Å²) >= 11 is 0. The van der Waals surface area contributed by atoms with Crippen LogP contribution >= 0.6 is 0 Å². The van der Waals surface area contributed by atoms with E-state index in [4.69, 9.17) is 10.5 Å². The van der Waals surface area contributed by atoms with Crippen LogP contribution in [-0.2, 0) is 6.54 Å². The fourth-order valence-corrected chi connectivity index (χ4v) is 2.04. The van der Waals surface area contributed by atoms with Crippen LogP contribution in [-0.4, -0.2) is 11.6 Å². The summed E-state index contributed by atoms with van der Waals surface area (Å²) in [7, 11) is 0. The summed E-state index contributed by atoms with van der Waals surface area (Å²) < 4.78 is 5.72. The van der Waals surface area contributed by atoms with Gasteiger partial charge in [0.15, 0.2) is 0 Å². The van der Waals surface area contributed by atoms with Crippen LogP contribution in [0.15, 0.2) is 12.3 Å². The van der Waals surface area contributed by atoms with Gasteiger partial charge in [0.25, 0.3) is 0 Å². The van der Waals surface area contributed by atoms with Crippen LogP contribution in [0.5, 0.6) is 5.88 Å². The first kappa shape index (κ1) is 11.4. The Balaban J connectivity index is 1.89. The molecule has 1 aromatic rings. The second-order valence-electron chi connectivity index (χ2n) is 4.55. The fourth-order valence-electron chi connectivity index (χ4n) is 2.04. The molecule has 0 spiro atoms. The van der Waals surface area contributed by atoms with Crippen molar-refractivity contribution >= 4 is 0 Å². The van der Waals surface area contributed by atoms with Crippen molar-refractivity contribution in [3.8, 4) is 5.88 Å². The molecule has 0 radical (unpaired) electrons. The Morgan fingerprint density at radius 1 is 1.50 bits per heavy atom. The normalized spacial score (nSPS) is 15.9. The minimum Gasteiger partial charge on any atom is -0.477 e. The highest BCUT2D eigenvalue weighted by atomic mass is 16.5. The van der Waals surface area contributed by atoms with E-state index >= 15 is 0 Å². The molecule has 16 heavy (non-hydrogen) atoms. The molecule has 3 nitrogen and oxygen atoms in total. The summed E-state index contributed by atoms with van der Waals surface area (Å²) in [6, 6.07) is 1.97. The van der Waals surface area contributed by atoms with Gasteiger partial charge in [0.2, 0.25) is 5.88 Å². The summed E-state index contributed by atoms with van der Waals surface area (Å²) in [4.78, 5) is 4.25. The number of nitrogens with zero attached hydrogens (tertiary/aromatic N) is 1. The van der Waals surface area contributed by atoms with Crippen LogP contribution < -0.4 is 10.5 Å². The molecule has 1 saturated carbocycles. The molecular formula is C13H20N2O. The van der Waals surface area contributed by atoms with Crippen molar-refractivity contribution in [2.24, 2.45) is 11.7 Å². The van der Waals surface area contributed by atoms with E-state index in [1.54, 1.807) is 6.20 Å². The van der Waals surface area contributed by atoms with Crippen LogP contribution in [0.1, 0.15) is 36.8 Å². The van der Waals surface area contributed by atoms with Crippen LogP contribution in [0.25, 0.3) is 0 Å². The number of aryl methyl sites for hydroxylation is 1. The first-order valence-electron chi connectivity index (χ1n) is 6.08. The Morgan fingerprint density at radius 3 is 2.94 bits per heavy atom. The molecule has 0 aromatic carbocycles. The first-order valence-corrected chi connectivity index (χ1v) is 6.08. The third kappa shape index (κ3) is 2.53. The van der Waals surface area contributed by atoms with Gasteiger partial charge >= 0.3 is 0 Å². The smallest absolute Gasteiger partial charge is 0.218 e. The molecule has 1 heterocycles. The lowest BCUT2D eigenvalue weighted by Gasteiger charge is -2.25. The average Bonchev–Trinajstić information content (AvgIpc) is 2.22. The molecule has 0 bridgehead atoms. The highest BCUT2D eigenvalue weighted by Gasteiger charge is 2.17. The van der Waals surface area contributed by atoms with Crippen molar-refractivity contribution in [2.45, 2.75) is 39.2 Å². The lowest BCUT2D eigenvalue weighted by atomic mass is 9.83. The van der Waals surface area contributed by atoms with Gasteiger partial charge in [0, 0.05) is 18.3 Å². The number of ether oxygens (including phenoxy) is 1. The Kier molecular flexibility index (Phi) is 3.78. The molecule has 0 aliphatic heterocycles. The Bertz CT molecular complexity index is 348. The van der Waals surface area contributed by atoms with Crippen molar-refractivity contribution in [3.63, 3.8) is 0 Å². The zero-order chi connectivity index (χ0) is 11.4. The van der Waals surface area contributed by atoms with E-state index in [0.717, 1.165) is 36.0 Å². The van der Waals surface area contributed by atoms with Crippen molar-refractivity contribution in [2.75, 3.05) is 6.61 Å². The SMILES string of the molecule is Cc1ccnc(OCCC2CCC2)c1CN. The Labute approximate surface area is 97.0 Å². The standard InChI is InChI=1S/C13H20N2O/c1-10-5-7-15-13(12(10)9-14)16-8-6-11-3-2-4-11/h5,7,11H,2-4,6,8-9,14H2,1H3. The van der Waals surface area contributed by atoms with Gasteiger partial charge in [-0.15, -0.1) is 0 Å². The summed E-state index contributed by atoms with van der Waals surface area (Å²) in [5, 5.41) is 0. The molecule has 1 aliphatic carbocycles. The molecule has 1 fully saturated rings. The lowest BCUT2D eigenvalue weighted by Crippen LogP contribution is -2.15. The van der Waals surface area contributed by atoms with Gasteiger partial charge in [-0.2, -0.15) is 0 Å². The van der Waals surface area contributed by atoms with E-state index in [-0.39, 0.29) is 0 Å². The van der Waals surface area contributed by atoms with Gasteiger partial charge < -0.3 is 10.5 Å². The maximum Gasteiger partial charge on any atom is 0.218 e. The summed E-state index contributed by atoms with van der Waals surface area (Å²) in [5.74, 6) is 1.60. The third-order valence-corrected chi connectivity index (χ3v) is 3.44. The van der Waals surface area contributed by atoms with Gasteiger partial charge in [-0.1, -0.05) is 19.3 Å². The van der Waals surface area contributed by atoms with Crippen LogP contribution in [0.2, 0.25) is 0 Å². The average molecular weight is 220 g/mol. The van der Waals surface area contributed by atoms with Gasteiger partial charge in [-0.3, -0.25) is 0 Å². The molecule has 88 valence electrons. The third-order valence-electron chi connectivity index (χ3n) is 3.44. The minimum atomic E-state index is 0.498. The van der Waals surface area contributed by atoms with Gasteiger partial charge in [0.05, 0.1) is 6.61 Å². The highest BCUT2D eigenvalue weighted by Crippen LogP contribution is 2.29. The number of rotatable bonds is 5. The van der Waals surface area contributed by atoms with E-state index < -0.39 is 0 Å². The fraction of sp³-hybridized carbons (Fsp3) is 0.615. The van der Waals surface area contributed by atoms with Gasteiger partial charge in [-0.25, -0.2) is 4.98 Å². The number of pyridine rings is 1. The van der Waals surface area contributed by atoms with Crippen LogP contribution in [0, 0.1) is 12.8 Å². The van der Waals surface area contributed by atoms with E-state index in [1.807, 2.05) is 13.0 Å². The minimum absolute atomic E-state index is 0.498. The second-order valence-corrected chi connectivity index (χ2v) is 4.55. The van der Waals surface area contributed by atoms with Crippen molar-refractivity contribution in [1.29, 1.82) is 0 Å². The second kappa shape index (κ2) is 5.30. The quantitative estimate of drug-likeness (QED) is 0.829. The van der Waals surface area contributed by atoms with Gasteiger partial charge in [-0.05, 0) is 30.9 Å². The van der Waals surface area contributed by atoms with Crippen LogP contribution in [0.3, 0.4) is 0 Å². The molecule has 1 aromatic heterocycles. The number of nitrogens with two attached hydrogens (primary N) is 1. The predicted molar refractivity (Wildman–Crippen MR) is 64.3 cm³/mol. The summed E-state index contributed by atoms with van der Waals surface area (Å²) in [6.07, 6.45) is 7.07. The van der Waals surface area contributed by atoms with Crippen molar-refractivity contribution in [3.05, 3.63) is 23.4 Å². The van der Waals surface area contributed by atoms with E-state index in [1.165, 1.54) is 19.3 Å². The molecule has 2 N–H and O–H groups in total. The van der Waals surface area contributed by atoms with E-state index in [0.29, 0.717) is 6.54 Å². The molecule has 0 amide bonds. The highest BCUT2D eigenvalue weighted by molar-refractivity contribution is 5.33. The number of hydrogen-bond acceptors (Lipinski definition) is 3. The lowest BCUT2D eigenvalue weighted by molar-refractivity contribution is 0.216. The molecule has 1 aliphatic rings. The number of hydrogen-bond donors (Lipinski definition) is 1. The monoisotopic (exact) mass is 220 g/mol. The zero-order valence-corrected chi connectivity index (χ0v) is 9.91. The van der Waals surface area contributed by atoms with Gasteiger partial charge in [0.1, 0.15) is 0 Å². The molecule has 2 rings (SSSR count). The molecule has 3 heteroatoms. The van der Waals surface area contributed by atoms with E-state index in [9.17, 15) is 0 Å². The molecule has 0 atom stereocenters. The zero-order valence-electron chi connectivity index (χ0n) is 9.91. The summed E-state index contributed by atoms with van der Waals surface area (Å²) in [6.45, 7) is 3.31. The molecule has 0 unspecified atom stereocenters. The first-order chi connectivity index (χ1) is 7.81. The van der Waals surface area contributed by atoms with Crippen molar-refractivity contribution in [1.82, 2.24) is 4.98 Å².